The molecular weight excluding hydrogens is 312 g/mol. The molecule has 0 saturated heterocycles. The van der Waals surface area contributed by atoms with Crippen molar-refractivity contribution in [2.45, 2.75) is 51.1 Å². The highest BCUT2D eigenvalue weighted by molar-refractivity contribution is 9.10. The molecule has 2 aliphatic carbocycles. The molecule has 0 heterocycles. The molecule has 2 saturated carbocycles. The molecular formula is C17H25BrN2. The summed E-state index contributed by atoms with van der Waals surface area (Å²) in [5.74, 6) is 0.892. The van der Waals surface area contributed by atoms with Gasteiger partial charge in [-0.3, -0.25) is 0 Å². The molecule has 0 radical (unpaired) electrons. The Bertz CT molecular complexity index is 450. The van der Waals surface area contributed by atoms with E-state index in [1.54, 1.807) is 0 Å². The van der Waals surface area contributed by atoms with Gasteiger partial charge in [-0.1, -0.05) is 34.8 Å². The molecule has 0 amide bonds. The fraction of sp³-hybridized carbons (Fsp3) is 0.647. The fourth-order valence-corrected chi connectivity index (χ4v) is 3.61. The normalized spacial score (nSPS) is 19.5. The van der Waals surface area contributed by atoms with Gasteiger partial charge in [-0.05, 0) is 49.3 Å². The predicted octanol–water partition coefficient (Wildman–Crippen LogP) is 4.33. The second-order valence-corrected chi connectivity index (χ2v) is 7.37. The minimum absolute atomic E-state index is 0.770. The Morgan fingerprint density at radius 1 is 1.20 bits per heavy atom. The summed E-state index contributed by atoms with van der Waals surface area (Å²) in [5.41, 5.74) is 2.82. The van der Waals surface area contributed by atoms with Gasteiger partial charge < -0.3 is 10.2 Å². The lowest BCUT2D eigenvalue weighted by atomic mass is 10.1. The van der Waals surface area contributed by atoms with Crippen molar-refractivity contribution in [3.05, 3.63) is 28.2 Å². The molecule has 3 heteroatoms. The first kappa shape index (κ1) is 14.4. The van der Waals surface area contributed by atoms with E-state index in [1.807, 2.05) is 0 Å². The van der Waals surface area contributed by atoms with Gasteiger partial charge in [-0.15, -0.1) is 0 Å². The van der Waals surface area contributed by atoms with Crippen molar-refractivity contribution in [3.63, 3.8) is 0 Å². The Balaban J connectivity index is 1.68. The van der Waals surface area contributed by atoms with Crippen LogP contribution in [0.15, 0.2) is 22.7 Å². The SMILES string of the molecule is CN(CC1CCCC1)c1cc(Br)ccc1CNC1CC1. The molecule has 0 aliphatic heterocycles. The highest BCUT2D eigenvalue weighted by atomic mass is 79.9. The Morgan fingerprint density at radius 2 is 1.95 bits per heavy atom. The minimum atomic E-state index is 0.770. The van der Waals surface area contributed by atoms with Crippen LogP contribution in [-0.4, -0.2) is 19.6 Å². The van der Waals surface area contributed by atoms with Crippen molar-refractivity contribution >= 4 is 21.6 Å². The van der Waals surface area contributed by atoms with Gasteiger partial charge in [-0.25, -0.2) is 0 Å². The van der Waals surface area contributed by atoms with Gasteiger partial charge in [0.05, 0.1) is 0 Å². The fourth-order valence-electron chi connectivity index (χ4n) is 3.26. The lowest BCUT2D eigenvalue weighted by Crippen LogP contribution is -2.26. The number of rotatable bonds is 6. The van der Waals surface area contributed by atoms with Gasteiger partial charge in [0.15, 0.2) is 0 Å². The van der Waals surface area contributed by atoms with Gasteiger partial charge in [-0.2, -0.15) is 0 Å². The first-order valence-corrected chi connectivity index (χ1v) is 8.74. The molecule has 0 aromatic heterocycles. The Labute approximate surface area is 131 Å². The third kappa shape index (κ3) is 3.76. The van der Waals surface area contributed by atoms with Gasteiger partial charge in [0, 0.05) is 36.3 Å². The number of benzene rings is 1. The van der Waals surface area contributed by atoms with E-state index in [-0.39, 0.29) is 0 Å². The van der Waals surface area contributed by atoms with Crippen LogP contribution in [0.4, 0.5) is 5.69 Å². The summed E-state index contributed by atoms with van der Waals surface area (Å²) in [6, 6.07) is 7.47. The van der Waals surface area contributed by atoms with E-state index in [4.69, 9.17) is 0 Å². The molecule has 110 valence electrons. The van der Waals surface area contributed by atoms with Crippen LogP contribution in [0.3, 0.4) is 0 Å². The maximum atomic E-state index is 3.64. The van der Waals surface area contributed by atoms with Crippen LogP contribution in [0, 0.1) is 5.92 Å². The zero-order valence-electron chi connectivity index (χ0n) is 12.4. The summed E-state index contributed by atoms with van der Waals surface area (Å²) in [6.45, 7) is 2.20. The summed E-state index contributed by atoms with van der Waals surface area (Å²) in [6.07, 6.45) is 8.37. The molecule has 2 aliphatic rings. The van der Waals surface area contributed by atoms with E-state index in [0.717, 1.165) is 18.5 Å². The number of nitrogens with zero attached hydrogens (tertiary/aromatic N) is 1. The molecule has 0 bridgehead atoms. The highest BCUT2D eigenvalue weighted by Gasteiger charge is 2.22. The van der Waals surface area contributed by atoms with Gasteiger partial charge in [0.1, 0.15) is 0 Å². The molecule has 2 nitrogen and oxygen atoms in total. The Morgan fingerprint density at radius 3 is 2.65 bits per heavy atom. The van der Waals surface area contributed by atoms with Crippen molar-refractivity contribution in [2.75, 3.05) is 18.5 Å². The molecule has 0 atom stereocenters. The molecule has 2 fully saturated rings. The number of hydrogen-bond donors (Lipinski definition) is 1. The summed E-state index contributed by atoms with van der Waals surface area (Å²) >= 11 is 3.62. The van der Waals surface area contributed by atoms with Crippen LogP contribution in [0.5, 0.6) is 0 Å². The zero-order chi connectivity index (χ0) is 13.9. The highest BCUT2D eigenvalue weighted by Crippen LogP contribution is 2.30. The summed E-state index contributed by atoms with van der Waals surface area (Å²) < 4.78 is 1.18. The third-order valence-electron chi connectivity index (χ3n) is 4.62. The zero-order valence-corrected chi connectivity index (χ0v) is 14.0. The lowest BCUT2D eigenvalue weighted by Gasteiger charge is -2.26. The van der Waals surface area contributed by atoms with Gasteiger partial charge in [0.2, 0.25) is 0 Å². The van der Waals surface area contributed by atoms with E-state index in [2.05, 4.69) is 51.4 Å². The molecule has 1 N–H and O–H groups in total. The monoisotopic (exact) mass is 336 g/mol. The van der Waals surface area contributed by atoms with E-state index < -0.39 is 0 Å². The molecule has 20 heavy (non-hydrogen) atoms. The Hall–Kier alpha value is -0.540. The largest absolute Gasteiger partial charge is 0.374 e. The molecule has 1 aromatic rings. The lowest BCUT2D eigenvalue weighted by molar-refractivity contribution is 0.545. The van der Waals surface area contributed by atoms with Crippen molar-refractivity contribution < 1.29 is 0 Å². The second kappa shape index (κ2) is 6.48. The maximum Gasteiger partial charge on any atom is 0.0420 e. The first-order valence-electron chi connectivity index (χ1n) is 7.95. The predicted molar refractivity (Wildman–Crippen MR) is 89.2 cm³/mol. The minimum Gasteiger partial charge on any atom is -0.374 e. The van der Waals surface area contributed by atoms with E-state index >= 15 is 0 Å². The third-order valence-corrected chi connectivity index (χ3v) is 5.12. The van der Waals surface area contributed by atoms with Crippen molar-refractivity contribution in [1.82, 2.24) is 5.32 Å². The van der Waals surface area contributed by atoms with Gasteiger partial charge >= 0.3 is 0 Å². The number of anilines is 1. The van der Waals surface area contributed by atoms with Crippen molar-refractivity contribution in [3.8, 4) is 0 Å². The van der Waals surface area contributed by atoms with Crippen LogP contribution >= 0.6 is 15.9 Å². The topological polar surface area (TPSA) is 15.3 Å². The van der Waals surface area contributed by atoms with E-state index in [0.29, 0.717) is 0 Å². The maximum absolute atomic E-state index is 3.64. The molecule has 0 unspecified atom stereocenters. The van der Waals surface area contributed by atoms with Crippen LogP contribution < -0.4 is 10.2 Å². The summed E-state index contributed by atoms with van der Waals surface area (Å²) in [7, 11) is 2.25. The van der Waals surface area contributed by atoms with Crippen molar-refractivity contribution in [1.29, 1.82) is 0 Å². The molecule has 1 aromatic carbocycles. The number of hydrogen-bond acceptors (Lipinski definition) is 2. The van der Waals surface area contributed by atoms with Crippen molar-refractivity contribution in [2.24, 2.45) is 5.92 Å². The quantitative estimate of drug-likeness (QED) is 0.831. The van der Waals surface area contributed by atoms with Gasteiger partial charge in [0.25, 0.3) is 0 Å². The first-order chi connectivity index (χ1) is 9.72. The molecule has 0 spiro atoms. The molecule has 3 rings (SSSR count). The van der Waals surface area contributed by atoms with Crippen LogP contribution in [-0.2, 0) is 6.54 Å². The summed E-state index contributed by atoms with van der Waals surface area (Å²) in [4.78, 5) is 2.46. The van der Waals surface area contributed by atoms with Crippen LogP contribution in [0.1, 0.15) is 44.1 Å². The average molecular weight is 337 g/mol. The number of halogens is 1. The van der Waals surface area contributed by atoms with Crippen LogP contribution in [0.25, 0.3) is 0 Å². The summed E-state index contributed by atoms with van der Waals surface area (Å²) in [5, 5.41) is 3.64. The standard InChI is InChI=1S/C17H25BrN2/c1-20(12-13-4-2-3-5-13)17-10-15(18)7-6-14(17)11-19-16-8-9-16/h6-7,10,13,16,19H,2-5,8-9,11-12H2,1H3. The average Bonchev–Trinajstić information content (AvgIpc) is 3.13. The Kier molecular flexibility index (Phi) is 4.67. The van der Waals surface area contributed by atoms with E-state index in [1.165, 1.54) is 60.8 Å². The second-order valence-electron chi connectivity index (χ2n) is 6.46. The van der Waals surface area contributed by atoms with Crippen LogP contribution in [0.2, 0.25) is 0 Å². The number of nitrogens with one attached hydrogen (secondary N) is 1. The van der Waals surface area contributed by atoms with E-state index in [9.17, 15) is 0 Å². The smallest absolute Gasteiger partial charge is 0.0420 e.